The van der Waals surface area contributed by atoms with Gasteiger partial charge in [0, 0.05) is 9.99 Å². The second-order valence-electron chi connectivity index (χ2n) is 2.26. The van der Waals surface area contributed by atoms with Gasteiger partial charge >= 0.3 is 0 Å². The van der Waals surface area contributed by atoms with Gasteiger partial charge < -0.3 is 4.74 Å². The summed E-state index contributed by atoms with van der Waals surface area (Å²) in [5.74, 6) is 3.40. The van der Waals surface area contributed by atoms with Crippen LogP contribution in [0.4, 0.5) is 0 Å². The lowest BCUT2D eigenvalue weighted by Gasteiger charge is -2.02. The Labute approximate surface area is 86.3 Å². The zero-order valence-electron chi connectivity index (χ0n) is 6.59. The van der Waals surface area contributed by atoms with Crippen molar-refractivity contribution in [1.29, 1.82) is 0 Å². The fourth-order valence-electron chi connectivity index (χ4n) is 0.759. The van der Waals surface area contributed by atoms with Gasteiger partial charge in [0.1, 0.15) is 5.75 Å². The highest BCUT2D eigenvalue weighted by Crippen LogP contribution is 2.13. The van der Waals surface area contributed by atoms with E-state index >= 15 is 0 Å². The largest absolute Gasteiger partial charge is 0.493 e. The summed E-state index contributed by atoms with van der Waals surface area (Å²) in [5.41, 5.74) is 0. The van der Waals surface area contributed by atoms with Crippen LogP contribution in [-0.4, -0.2) is 6.61 Å². The Morgan fingerprint density at radius 1 is 1.33 bits per heavy atom. The van der Waals surface area contributed by atoms with Crippen LogP contribution < -0.4 is 4.74 Å². The summed E-state index contributed by atoms with van der Waals surface area (Å²) in [4.78, 5) is 0. The Morgan fingerprint density at radius 2 is 2.00 bits per heavy atom. The molecule has 1 aromatic carbocycles. The monoisotopic (exact) mass is 272 g/mol. The van der Waals surface area contributed by atoms with Gasteiger partial charge in [-0.1, -0.05) is 0 Å². The molecule has 0 saturated heterocycles. The third-order valence-corrected chi connectivity index (χ3v) is 2.05. The molecular formula is C10H9IO. The Bertz CT molecular complexity index is 271. The van der Waals surface area contributed by atoms with E-state index in [9.17, 15) is 0 Å². The Morgan fingerprint density at radius 3 is 2.58 bits per heavy atom. The molecule has 12 heavy (non-hydrogen) atoms. The molecule has 0 amide bonds. The second-order valence-corrected chi connectivity index (χ2v) is 3.50. The van der Waals surface area contributed by atoms with Gasteiger partial charge in [-0.15, -0.1) is 12.3 Å². The fraction of sp³-hybridized carbons (Fsp3) is 0.200. The molecule has 1 nitrogen and oxygen atoms in total. The lowest BCUT2D eigenvalue weighted by atomic mass is 10.3. The molecular weight excluding hydrogens is 263 g/mol. The molecule has 0 unspecified atom stereocenters. The number of halogens is 1. The molecule has 0 aromatic heterocycles. The minimum Gasteiger partial charge on any atom is -0.493 e. The van der Waals surface area contributed by atoms with E-state index in [0.717, 1.165) is 5.75 Å². The molecule has 1 aromatic rings. The zero-order chi connectivity index (χ0) is 8.81. The molecule has 0 N–H and O–H groups in total. The van der Waals surface area contributed by atoms with Crippen LogP contribution in [0.2, 0.25) is 0 Å². The average Bonchev–Trinajstić information content (AvgIpc) is 2.09. The number of hydrogen-bond donors (Lipinski definition) is 0. The van der Waals surface area contributed by atoms with Crippen molar-refractivity contribution < 1.29 is 4.74 Å². The molecule has 0 aliphatic heterocycles. The van der Waals surface area contributed by atoms with E-state index < -0.39 is 0 Å². The Hall–Kier alpha value is -0.690. The minimum absolute atomic E-state index is 0.594. The third-order valence-electron chi connectivity index (χ3n) is 1.33. The van der Waals surface area contributed by atoms with Crippen LogP contribution >= 0.6 is 22.6 Å². The van der Waals surface area contributed by atoms with Crippen LogP contribution in [0, 0.1) is 15.9 Å². The number of benzene rings is 1. The topological polar surface area (TPSA) is 9.23 Å². The van der Waals surface area contributed by atoms with Crippen molar-refractivity contribution >= 4 is 22.6 Å². The van der Waals surface area contributed by atoms with E-state index in [1.807, 2.05) is 24.3 Å². The van der Waals surface area contributed by atoms with Crippen molar-refractivity contribution in [2.75, 3.05) is 6.61 Å². The maximum absolute atomic E-state index is 5.36. The highest BCUT2D eigenvalue weighted by molar-refractivity contribution is 14.1. The highest BCUT2D eigenvalue weighted by atomic mass is 127. The lowest BCUT2D eigenvalue weighted by Crippen LogP contribution is -1.95. The number of terminal acetylenes is 1. The molecule has 0 aliphatic rings. The predicted molar refractivity (Wildman–Crippen MR) is 58.1 cm³/mol. The molecule has 0 heterocycles. The molecule has 0 saturated carbocycles. The summed E-state index contributed by atoms with van der Waals surface area (Å²) in [7, 11) is 0. The normalized spacial score (nSPS) is 9.00. The minimum atomic E-state index is 0.594. The van der Waals surface area contributed by atoms with E-state index in [4.69, 9.17) is 11.2 Å². The van der Waals surface area contributed by atoms with Crippen LogP contribution in [0.1, 0.15) is 6.42 Å². The van der Waals surface area contributed by atoms with Crippen LogP contribution in [0.3, 0.4) is 0 Å². The Kier molecular flexibility index (Phi) is 3.95. The molecule has 0 atom stereocenters. The summed E-state index contributed by atoms with van der Waals surface area (Å²) in [6.07, 6.45) is 5.74. The van der Waals surface area contributed by atoms with E-state index in [1.54, 1.807) is 0 Å². The first kappa shape index (κ1) is 9.40. The maximum Gasteiger partial charge on any atom is 0.119 e. The van der Waals surface area contributed by atoms with Crippen molar-refractivity contribution in [3.63, 3.8) is 0 Å². The van der Waals surface area contributed by atoms with Crippen LogP contribution in [0.15, 0.2) is 24.3 Å². The van der Waals surface area contributed by atoms with Crippen molar-refractivity contribution in [2.24, 2.45) is 0 Å². The Balaban J connectivity index is 2.43. The summed E-state index contributed by atoms with van der Waals surface area (Å²) < 4.78 is 6.56. The number of rotatable bonds is 3. The summed E-state index contributed by atoms with van der Waals surface area (Å²) >= 11 is 2.25. The molecule has 2 heteroatoms. The standard InChI is InChI=1S/C10H9IO/c1-2-3-8-12-10-6-4-9(11)5-7-10/h1,4-7H,3,8H2. The van der Waals surface area contributed by atoms with E-state index in [-0.39, 0.29) is 0 Å². The quantitative estimate of drug-likeness (QED) is 0.467. The van der Waals surface area contributed by atoms with Gasteiger partial charge in [-0.3, -0.25) is 0 Å². The van der Waals surface area contributed by atoms with Gasteiger partial charge in [0.2, 0.25) is 0 Å². The summed E-state index contributed by atoms with van der Waals surface area (Å²) in [6, 6.07) is 7.90. The van der Waals surface area contributed by atoms with Crippen LogP contribution in [-0.2, 0) is 0 Å². The van der Waals surface area contributed by atoms with E-state index in [0.29, 0.717) is 13.0 Å². The lowest BCUT2D eigenvalue weighted by molar-refractivity contribution is 0.327. The van der Waals surface area contributed by atoms with Gasteiger partial charge in [0.25, 0.3) is 0 Å². The molecule has 0 bridgehead atoms. The second kappa shape index (κ2) is 5.04. The van der Waals surface area contributed by atoms with Gasteiger partial charge in [-0.2, -0.15) is 0 Å². The first-order chi connectivity index (χ1) is 5.83. The van der Waals surface area contributed by atoms with Crippen LogP contribution in [0.5, 0.6) is 5.75 Å². The number of ether oxygens (including phenoxy) is 1. The van der Waals surface area contributed by atoms with Crippen LogP contribution in [0.25, 0.3) is 0 Å². The van der Waals surface area contributed by atoms with Crippen molar-refractivity contribution in [1.82, 2.24) is 0 Å². The average molecular weight is 272 g/mol. The molecule has 1 rings (SSSR count). The first-order valence-corrected chi connectivity index (χ1v) is 4.72. The highest BCUT2D eigenvalue weighted by Gasteiger charge is 1.91. The SMILES string of the molecule is C#CCCOc1ccc(I)cc1. The third kappa shape index (κ3) is 3.14. The van der Waals surface area contributed by atoms with E-state index in [2.05, 4.69) is 28.5 Å². The smallest absolute Gasteiger partial charge is 0.119 e. The fourth-order valence-corrected chi connectivity index (χ4v) is 1.12. The maximum atomic E-state index is 5.36. The van der Waals surface area contributed by atoms with Gasteiger partial charge in [-0.05, 0) is 46.9 Å². The van der Waals surface area contributed by atoms with Crippen molar-refractivity contribution in [3.05, 3.63) is 27.8 Å². The number of hydrogen-bond acceptors (Lipinski definition) is 1. The summed E-state index contributed by atoms with van der Waals surface area (Å²) in [6.45, 7) is 0.594. The molecule has 62 valence electrons. The molecule has 0 aliphatic carbocycles. The summed E-state index contributed by atoms with van der Waals surface area (Å²) in [5, 5.41) is 0. The van der Waals surface area contributed by atoms with Crippen molar-refractivity contribution in [3.8, 4) is 18.1 Å². The van der Waals surface area contributed by atoms with E-state index in [1.165, 1.54) is 3.57 Å². The van der Waals surface area contributed by atoms with Gasteiger partial charge in [0.15, 0.2) is 0 Å². The molecule has 0 fully saturated rings. The predicted octanol–water partition coefficient (Wildman–Crippen LogP) is 2.69. The van der Waals surface area contributed by atoms with Gasteiger partial charge in [0.05, 0.1) is 6.61 Å². The zero-order valence-corrected chi connectivity index (χ0v) is 8.74. The van der Waals surface area contributed by atoms with Crippen molar-refractivity contribution in [2.45, 2.75) is 6.42 Å². The first-order valence-electron chi connectivity index (χ1n) is 3.65. The van der Waals surface area contributed by atoms with Gasteiger partial charge in [-0.25, -0.2) is 0 Å². The molecule has 0 radical (unpaired) electrons. The molecule has 0 spiro atoms.